The molecule has 20 heavy (non-hydrogen) atoms. The molecule has 0 aliphatic carbocycles. The van der Waals surface area contributed by atoms with Crippen molar-refractivity contribution < 1.29 is 4.42 Å². The highest BCUT2D eigenvalue weighted by molar-refractivity contribution is 5.78. The molecule has 0 bridgehead atoms. The predicted molar refractivity (Wildman–Crippen MR) is 78.7 cm³/mol. The van der Waals surface area contributed by atoms with E-state index in [0.29, 0.717) is 10.9 Å². The highest BCUT2D eigenvalue weighted by Gasteiger charge is 2.11. The fourth-order valence-corrected chi connectivity index (χ4v) is 2.31. The minimum atomic E-state index is -0.452. The highest BCUT2D eigenvalue weighted by Crippen LogP contribution is 2.25. The SMILES string of the molecule is C[C@H](c1ccccc1)c1ccc2c(=O)oc(N)nc2c1. The molecule has 100 valence electrons. The van der Waals surface area contributed by atoms with Crippen LogP contribution in [-0.2, 0) is 0 Å². The lowest BCUT2D eigenvalue weighted by molar-refractivity contribution is 0.524. The van der Waals surface area contributed by atoms with Crippen molar-refractivity contribution in [3.05, 3.63) is 70.1 Å². The van der Waals surface area contributed by atoms with Crippen molar-refractivity contribution in [1.29, 1.82) is 0 Å². The van der Waals surface area contributed by atoms with Crippen LogP contribution < -0.4 is 11.4 Å². The lowest BCUT2D eigenvalue weighted by atomic mass is 9.93. The molecule has 3 aromatic rings. The van der Waals surface area contributed by atoms with E-state index in [1.165, 1.54) is 5.56 Å². The molecular weight excluding hydrogens is 252 g/mol. The Morgan fingerprint density at radius 2 is 1.85 bits per heavy atom. The van der Waals surface area contributed by atoms with Gasteiger partial charge in [0.15, 0.2) is 0 Å². The van der Waals surface area contributed by atoms with Gasteiger partial charge in [0, 0.05) is 5.92 Å². The number of anilines is 1. The molecule has 3 rings (SSSR count). The van der Waals surface area contributed by atoms with E-state index in [1.54, 1.807) is 6.07 Å². The van der Waals surface area contributed by atoms with Gasteiger partial charge in [-0.15, -0.1) is 0 Å². The lowest BCUT2D eigenvalue weighted by Crippen LogP contribution is -2.05. The smallest absolute Gasteiger partial charge is 0.348 e. The Bertz CT molecular complexity index is 810. The molecule has 0 aliphatic heterocycles. The molecule has 0 spiro atoms. The Hall–Kier alpha value is -2.62. The highest BCUT2D eigenvalue weighted by atomic mass is 16.4. The molecule has 2 aromatic carbocycles. The number of hydrogen-bond donors (Lipinski definition) is 1. The number of nitrogen functional groups attached to an aromatic ring is 1. The average Bonchev–Trinajstić information content (AvgIpc) is 2.46. The van der Waals surface area contributed by atoms with Gasteiger partial charge in [-0.3, -0.25) is 0 Å². The minimum Gasteiger partial charge on any atom is -0.389 e. The summed E-state index contributed by atoms with van der Waals surface area (Å²) in [5.41, 5.74) is 7.90. The van der Waals surface area contributed by atoms with E-state index < -0.39 is 5.63 Å². The van der Waals surface area contributed by atoms with Crippen molar-refractivity contribution in [2.45, 2.75) is 12.8 Å². The predicted octanol–water partition coefficient (Wildman–Crippen LogP) is 2.92. The molecule has 0 saturated heterocycles. The van der Waals surface area contributed by atoms with Gasteiger partial charge >= 0.3 is 5.63 Å². The van der Waals surface area contributed by atoms with Crippen LogP contribution in [0.3, 0.4) is 0 Å². The van der Waals surface area contributed by atoms with E-state index in [9.17, 15) is 4.79 Å². The molecule has 0 unspecified atom stereocenters. The van der Waals surface area contributed by atoms with Crippen LogP contribution in [0.4, 0.5) is 6.01 Å². The number of hydrogen-bond acceptors (Lipinski definition) is 4. The van der Waals surface area contributed by atoms with Gasteiger partial charge in [-0.25, -0.2) is 4.79 Å². The normalized spacial score (nSPS) is 12.4. The largest absolute Gasteiger partial charge is 0.389 e. The molecule has 0 amide bonds. The summed E-state index contributed by atoms with van der Waals surface area (Å²) in [5, 5.41) is 0.447. The van der Waals surface area contributed by atoms with Crippen LogP contribution in [0.25, 0.3) is 10.9 Å². The van der Waals surface area contributed by atoms with Gasteiger partial charge in [0.05, 0.1) is 10.9 Å². The molecule has 0 radical (unpaired) electrons. The van der Waals surface area contributed by atoms with E-state index in [1.807, 2.05) is 30.3 Å². The Morgan fingerprint density at radius 1 is 1.10 bits per heavy atom. The van der Waals surface area contributed by atoms with Gasteiger partial charge in [0.2, 0.25) is 0 Å². The molecule has 1 heterocycles. The Labute approximate surface area is 115 Å². The molecule has 0 saturated carbocycles. The van der Waals surface area contributed by atoms with E-state index in [0.717, 1.165) is 5.56 Å². The van der Waals surface area contributed by atoms with Crippen molar-refractivity contribution in [2.24, 2.45) is 0 Å². The number of nitrogens with two attached hydrogens (primary N) is 1. The molecule has 0 fully saturated rings. The number of benzene rings is 2. The van der Waals surface area contributed by atoms with Crippen LogP contribution >= 0.6 is 0 Å². The Kier molecular flexibility index (Phi) is 2.99. The van der Waals surface area contributed by atoms with E-state index >= 15 is 0 Å². The van der Waals surface area contributed by atoms with Crippen molar-refractivity contribution in [3.8, 4) is 0 Å². The number of nitrogens with zero attached hydrogens (tertiary/aromatic N) is 1. The fraction of sp³-hybridized carbons (Fsp3) is 0.125. The summed E-state index contributed by atoms with van der Waals surface area (Å²) in [7, 11) is 0. The maximum absolute atomic E-state index is 11.7. The molecule has 1 aromatic heterocycles. The fourth-order valence-electron chi connectivity index (χ4n) is 2.31. The van der Waals surface area contributed by atoms with Crippen molar-refractivity contribution in [1.82, 2.24) is 4.98 Å². The minimum absolute atomic E-state index is 0.105. The standard InChI is InChI=1S/C16H14N2O2/c1-10(11-5-3-2-4-6-11)12-7-8-13-14(9-12)18-16(17)20-15(13)19/h2-10H,1H3,(H2,17,18)/t10-/m1/s1. The summed E-state index contributed by atoms with van der Waals surface area (Å²) >= 11 is 0. The van der Waals surface area contributed by atoms with Gasteiger partial charge < -0.3 is 10.2 Å². The Balaban J connectivity index is 2.12. The maximum atomic E-state index is 11.7. The zero-order chi connectivity index (χ0) is 14.1. The third-order valence-corrected chi connectivity index (χ3v) is 3.47. The third-order valence-electron chi connectivity index (χ3n) is 3.47. The summed E-state index contributed by atoms with van der Waals surface area (Å²) < 4.78 is 4.79. The average molecular weight is 266 g/mol. The lowest BCUT2D eigenvalue weighted by Gasteiger charge is -2.12. The van der Waals surface area contributed by atoms with Crippen LogP contribution in [0, 0.1) is 0 Å². The molecule has 4 heteroatoms. The number of aromatic nitrogens is 1. The van der Waals surface area contributed by atoms with E-state index in [2.05, 4.69) is 24.0 Å². The van der Waals surface area contributed by atoms with E-state index in [-0.39, 0.29) is 11.9 Å². The van der Waals surface area contributed by atoms with Gasteiger partial charge in [-0.2, -0.15) is 4.98 Å². The zero-order valence-corrected chi connectivity index (χ0v) is 11.0. The summed E-state index contributed by atoms with van der Waals surface area (Å²) in [6.45, 7) is 2.12. The number of fused-ring (bicyclic) bond motifs is 1. The molecule has 2 N–H and O–H groups in total. The van der Waals surface area contributed by atoms with Crippen molar-refractivity contribution in [3.63, 3.8) is 0 Å². The van der Waals surface area contributed by atoms with Crippen LogP contribution in [-0.4, -0.2) is 4.98 Å². The van der Waals surface area contributed by atoms with Crippen LogP contribution in [0.5, 0.6) is 0 Å². The summed E-state index contributed by atoms with van der Waals surface area (Å²) in [6.07, 6.45) is 0. The first-order valence-electron chi connectivity index (χ1n) is 6.40. The summed E-state index contributed by atoms with van der Waals surface area (Å²) in [5.74, 6) is 0.218. The molecular formula is C16H14N2O2. The first-order chi connectivity index (χ1) is 9.65. The third kappa shape index (κ3) is 2.16. The second kappa shape index (κ2) is 4.81. The maximum Gasteiger partial charge on any atom is 0.348 e. The second-order valence-corrected chi connectivity index (χ2v) is 4.75. The first-order valence-corrected chi connectivity index (χ1v) is 6.40. The van der Waals surface area contributed by atoms with Gasteiger partial charge in [0.25, 0.3) is 6.01 Å². The van der Waals surface area contributed by atoms with Crippen LogP contribution in [0.15, 0.2) is 57.7 Å². The van der Waals surface area contributed by atoms with Gasteiger partial charge in [-0.05, 0) is 23.3 Å². The molecule has 0 aliphatic rings. The summed E-state index contributed by atoms with van der Waals surface area (Å²) in [4.78, 5) is 15.7. The van der Waals surface area contributed by atoms with Crippen LogP contribution in [0.1, 0.15) is 24.0 Å². The second-order valence-electron chi connectivity index (χ2n) is 4.75. The number of rotatable bonds is 2. The van der Waals surface area contributed by atoms with Gasteiger partial charge in [-0.1, -0.05) is 43.3 Å². The summed E-state index contributed by atoms with van der Waals surface area (Å²) in [6, 6.07) is 15.6. The first kappa shape index (κ1) is 12.4. The van der Waals surface area contributed by atoms with Crippen molar-refractivity contribution in [2.75, 3.05) is 5.73 Å². The monoisotopic (exact) mass is 266 g/mol. The quantitative estimate of drug-likeness (QED) is 0.774. The van der Waals surface area contributed by atoms with Crippen molar-refractivity contribution >= 4 is 16.9 Å². The van der Waals surface area contributed by atoms with E-state index in [4.69, 9.17) is 10.2 Å². The molecule has 1 atom stereocenters. The topological polar surface area (TPSA) is 69.1 Å². The van der Waals surface area contributed by atoms with Gasteiger partial charge in [0.1, 0.15) is 0 Å². The zero-order valence-electron chi connectivity index (χ0n) is 11.0. The Morgan fingerprint density at radius 3 is 2.60 bits per heavy atom. The molecule has 4 nitrogen and oxygen atoms in total. The van der Waals surface area contributed by atoms with Crippen LogP contribution in [0.2, 0.25) is 0 Å².